The number of ether oxygens (including phenoxy) is 1. The Morgan fingerprint density at radius 3 is 2.44 bits per heavy atom. The predicted octanol–water partition coefficient (Wildman–Crippen LogP) is 3.01. The Morgan fingerprint density at radius 1 is 1.44 bits per heavy atom. The minimum Gasteiger partial charge on any atom is -0.453 e. The van der Waals surface area contributed by atoms with Crippen LogP contribution in [0.1, 0.15) is 26.2 Å². The molecule has 1 atom stereocenters. The summed E-state index contributed by atoms with van der Waals surface area (Å²) in [5.74, 6) is 0.949. The number of halogens is 3. The van der Waals surface area contributed by atoms with Gasteiger partial charge in [-0.3, -0.25) is 4.79 Å². The molecule has 0 aliphatic carbocycles. The summed E-state index contributed by atoms with van der Waals surface area (Å²) in [5.41, 5.74) is 0. The maximum Gasteiger partial charge on any atom is 0.425 e. The summed E-state index contributed by atoms with van der Waals surface area (Å²) in [5, 5.41) is 0. The molecule has 1 saturated heterocycles. The van der Waals surface area contributed by atoms with Crippen molar-refractivity contribution in [2.75, 3.05) is 11.5 Å². The maximum absolute atomic E-state index is 12.6. The van der Waals surface area contributed by atoms with Gasteiger partial charge in [-0.2, -0.15) is 24.9 Å². The average molecular weight is 256 g/mol. The summed E-state index contributed by atoms with van der Waals surface area (Å²) in [7, 11) is 0. The molecule has 1 aliphatic heterocycles. The standard InChI is InChI=1S/C10H15F3O2S/c1-7(14)15-9(10(11,12)13)6-8-2-4-16-5-3-8/h8-9H,2-6H2,1H3. The van der Waals surface area contributed by atoms with Gasteiger partial charge in [-0.25, -0.2) is 0 Å². The van der Waals surface area contributed by atoms with Gasteiger partial charge in [-0.05, 0) is 36.7 Å². The third kappa shape index (κ3) is 4.63. The molecule has 6 heteroatoms. The van der Waals surface area contributed by atoms with Gasteiger partial charge in [-0.15, -0.1) is 0 Å². The summed E-state index contributed by atoms with van der Waals surface area (Å²) in [6.07, 6.45) is -4.92. The van der Waals surface area contributed by atoms with Crippen molar-refractivity contribution in [3.05, 3.63) is 0 Å². The highest BCUT2D eigenvalue weighted by Gasteiger charge is 2.43. The van der Waals surface area contributed by atoms with Gasteiger partial charge in [-0.1, -0.05) is 0 Å². The Hall–Kier alpha value is -0.390. The Kier molecular flexibility index (Phi) is 4.95. The lowest BCUT2D eigenvalue weighted by atomic mass is 9.95. The monoisotopic (exact) mass is 256 g/mol. The number of rotatable bonds is 3. The van der Waals surface area contributed by atoms with Crippen molar-refractivity contribution in [1.29, 1.82) is 0 Å². The minimum atomic E-state index is -4.45. The first-order chi connectivity index (χ1) is 7.39. The second-order valence-electron chi connectivity index (χ2n) is 3.93. The minimum absolute atomic E-state index is 0.0206. The van der Waals surface area contributed by atoms with E-state index < -0.39 is 18.2 Å². The molecule has 1 aliphatic rings. The maximum atomic E-state index is 12.6. The highest BCUT2D eigenvalue weighted by Crippen LogP contribution is 2.33. The van der Waals surface area contributed by atoms with E-state index in [1.807, 2.05) is 0 Å². The number of esters is 1. The number of hydrogen-bond donors (Lipinski definition) is 0. The van der Waals surface area contributed by atoms with Gasteiger partial charge >= 0.3 is 12.1 Å². The lowest BCUT2D eigenvalue weighted by Gasteiger charge is -2.27. The quantitative estimate of drug-likeness (QED) is 0.726. The fourth-order valence-corrected chi connectivity index (χ4v) is 2.94. The Morgan fingerprint density at radius 2 is 2.00 bits per heavy atom. The van der Waals surface area contributed by atoms with Gasteiger partial charge in [0.25, 0.3) is 0 Å². The van der Waals surface area contributed by atoms with E-state index in [-0.39, 0.29) is 12.3 Å². The van der Waals surface area contributed by atoms with Gasteiger partial charge in [0.15, 0.2) is 6.10 Å². The number of alkyl halides is 3. The van der Waals surface area contributed by atoms with E-state index in [0.29, 0.717) is 0 Å². The zero-order valence-electron chi connectivity index (χ0n) is 9.05. The fraction of sp³-hybridized carbons (Fsp3) is 0.900. The molecule has 1 rings (SSSR count). The van der Waals surface area contributed by atoms with Gasteiger partial charge in [0.05, 0.1) is 0 Å². The topological polar surface area (TPSA) is 26.3 Å². The molecular weight excluding hydrogens is 241 g/mol. The molecule has 0 radical (unpaired) electrons. The molecule has 0 aromatic heterocycles. The van der Waals surface area contributed by atoms with E-state index in [9.17, 15) is 18.0 Å². The molecule has 0 N–H and O–H groups in total. The van der Waals surface area contributed by atoms with E-state index in [4.69, 9.17) is 0 Å². The van der Waals surface area contributed by atoms with Crippen LogP contribution >= 0.6 is 11.8 Å². The smallest absolute Gasteiger partial charge is 0.425 e. The number of carbonyl (C=O) groups is 1. The average Bonchev–Trinajstić information content (AvgIpc) is 2.16. The van der Waals surface area contributed by atoms with Crippen LogP contribution in [0.2, 0.25) is 0 Å². The molecule has 0 saturated carbocycles. The van der Waals surface area contributed by atoms with Crippen LogP contribution in [-0.4, -0.2) is 29.8 Å². The largest absolute Gasteiger partial charge is 0.453 e. The summed E-state index contributed by atoms with van der Waals surface area (Å²) in [6, 6.07) is 0. The molecule has 0 aromatic rings. The van der Waals surface area contributed by atoms with E-state index in [2.05, 4.69) is 4.74 Å². The zero-order chi connectivity index (χ0) is 12.2. The number of thioether (sulfide) groups is 1. The van der Waals surface area contributed by atoms with Gasteiger partial charge in [0.1, 0.15) is 0 Å². The van der Waals surface area contributed by atoms with Gasteiger partial charge in [0.2, 0.25) is 0 Å². The van der Waals surface area contributed by atoms with Crippen molar-refractivity contribution in [3.8, 4) is 0 Å². The van der Waals surface area contributed by atoms with Gasteiger partial charge in [0, 0.05) is 6.92 Å². The second-order valence-corrected chi connectivity index (χ2v) is 5.16. The molecule has 2 nitrogen and oxygen atoms in total. The van der Waals surface area contributed by atoms with Crippen LogP contribution in [0.5, 0.6) is 0 Å². The van der Waals surface area contributed by atoms with Crippen molar-refractivity contribution in [2.24, 2.45) is 5.92 Å². The van der Waals surface area contributed by atoms with E-state index >= 15 is 0 Å². The lowest BCUT2D eigenvalue weighted by Crippen LogP contribution is -2.35. The van der Waals surface area contributed by atoms with E-state index in [0.717, 1.165) is 31.3 Å². The molecule has 1 heterocycles. The Bertz CT molecular complexity index is 237. The van der Waals surface area contributed by atoms with Crippen LogP contribution in [0.25, 0.3) is 0 Å². The molecule has 0 bridgehead atoms. The molecule has 16 heavy (non-hydrogen) atoms. The highest BCUT2D eigenvalue weighted by molar-refractivity contribution is 7.99. The first kappa shape index (κ1) is 13.7. The molecule has 0 amide bonds. The molecule has 1 unspecified atom stereocenters. The van der Waals surface area contributed by atoms with Crippen molar-refractivity contribution in [3.63, 3.8) is 0 Å². The van der Waals surface area contributed by atoms with Gasteiger partial charge < -0.3 is 4.74 Å². The summed E-state index contributed by atoms with van der Waals surface area (Å²) < 4.78 is 42.0. The van der Waals surface area contributed by atoms with Crippen LogP contribution in [-0.2, 0) is 9.53 Å². The first-order valence-corrected chi connectivity index (χ1v) is 6.36. The molecule has 0 spiro atoms. The molecular formula is C10H15F3O2S. The Balaban J connectivity index is 2.51. The first-order valence-electron chi connectivity index (χ1n) is 5.21. The van der Waals surface area contributed by atoms with Crippen molar-refractivity contribution in [1.82, 2.24) is 0 Å². The molecule has 94 valence electrons. The zero-order valence-corrected chi connectivity index (χ0v) is 9.87. The van der Waals surface area contributed by atoms with Crippen LogP contribution < -0.4 is 0 Å². The van der Waals surface area contributed by atoms with Crippen molar-refractivity contribution < 1.29 is 22.7 Å². The summed E-state index contributed by atoms with van der Waals surface area (Å²) >= 11 is 1.76. The van der Waals surface area contributed by atoms with Crippen LogP contribution in [0.4, 0.5) is 13.2 Å². The summed E-state index contributed by atoms with van der Waals surface area (Å²) in [6.45, 7) is 1.01. The second kappa shape index (κ2) is 5.80. The predicted molar refractivity (Wildman–Crippen MR) is 56.3 cm³/mol. The van der Waals surface area contributed by atoms with E-state index in [1.165, 1.54) is 0 Å². The SMILES string of the molecule is CC(=O)OC(CC1CCSCC1)C(F)(F)F. The molecule has 1 fully saturated rings. The van der Waals surface area contributed by atoms with E-state index in [1.54, 1.807) is 11.8 Å². The Labute approximate surface area is 96.9 Å². The third-order valence-electron chi connectivity index (χ3n) is 2.56. The summed E-state index contributed by atoms with van der Waals surface area (Å²) in [4.78, 5) is 10.6. The lowest BCUT2D eigenvalue weighted by molar-refractivity contribution is -0.224. The number of hydrogen-bond acceptors (Lipinski definition) is 3. The van der Waals surface area contributed by atoms with Crippen LogP contribution in [0.15, 0.2) is 0 Å². The fourth-order valence-electron chi connectivity index (χ4n) is 1.73. The molecule has 0 aromatic carbocycles. The van der Waals surface area contributed by atoms with Crippen LogP contribution in [0.3, 0.4) is 0 Å². The normalized spacial score (nSPS) is 20.5. The number of carbonyl (C=O) groups excluding carboxylic acids is 1. The highest BCUT2D eigenvalue weighted by atomic mass is 32.2. The van der Waals surface area contributed by atoms with Crippen molar-refractivity contribution >= 4 is 17.7 Å². The van der Waals surface area contributed by atoms with Crippen molar-refractivity contribution in [2.45, 2.75) is 38.5 Å². The van der Waals surface area contributed by atoms with Crippen LogP contribution in [0, 0.1) is 5.92 Å². The third-order valence-corrected chi connectivity index (χ3v) is 3.61.